The predicted octanol–water partition coefficient (Wildman–Crippen LogP) is 2.41. The summed E-state index contributed by atoms with van der Waals surface area (Å²) >= 11 is 12.2. The van der Waals surface area contributed by atoms with E-state index >= 15 is 0 Å². The molecule has 21 heavy (non-hydrogen) atoms. The van der Waals surface area contributed by atoms with Gasteiger partial charge in [-0.25, -0.2) is 0 Å². The Morgan fingerprint density at radius 2 is 1.67 bits per heavy atom. The molecule has 1 heterocycles. The molecule has 6 nitrogen and oxygen atoms in total. The molecular weight excluding hydrogens is 313 g/mol. The first-order chi connectivity index (χ1) is 9.82. The van der Waals surface area contributed by atoms with Gasteiger partial charge in [0.05, 0.1) is 15.6 Å². The van der Waals surface area contributed by atoms with Crippen molar-refractivity contribution in [2.45, 2.75) is 0 Å². The highest BCUT2D eigenvalue weighted by Crippen LogP contribution is 2.26. The van der Waals surface area contributed by atoms with Gasteiger partial charge in [0.2, 0.25) is 11.9 Å². The third kappa shape index (κ3) is 2.96. The van der Waals surface area contributed by atoms with Crippen molar-refractivity contribution >= 4 is 41.0 Å². The van der Waals surface area contributed by atoms with E-state index in [1.165, 1.54) is 4.68 Å². The molecule has 112 valence electrons. The molecule has 8 heteroatoms. The van der Waals surface area contributed by atoms with E-state index in [-0.39, 0.29) is 15.6 Å². The minimum atomic E-state index is -0.421. The summed E-state index contributed by atoms with van der Waals surface area (Å²) in [5.41, 5.74) is 0.208. The van der Waals surface area contributed by atoms with E-state index in [9.17, 15) is 4.79 Å². The number of hydrogen-bond acceptors (Lipinski definition) is 5. The SMILES string of the molecule is CN(C)c1nc(N(C)C)n(C(=O)c2c(Cl)cccc2Cl)n1. The second-order valence-corrected chi connectivity index (χ2v) is 5.63. The summed E-state index contributed by atoms with van der Waals surface area (Å²) in [5.74, 6) is 0.407. The fraction of sp³-hybridized carbons (Fsp3) is 0.308. The zero-order valence-electron chi connectivity index (χ0n) is 12.1. The number of aromatic nitrogens is 3. The van der Waals surface area contributed by atoms with Crippen molar-refractivity contribution in [1.82, 2.24) is 14.8 Å². The number of halogens is 2. The molecule has 0 saturated heterocycles. The molecule has 2 rings (SSSR count). The molecule has 0 amide bonds. The average Bonchev–Trinajstić information content (AvgIpc) is 2.83. The second-order valence-electron chi connectivity index (χ2n) is 4.81. The fourth-order valence-electron chi connectivity index (χ4n) is 1.72. The molecule has 0 aliphatic heterocycles. The quantitative estimate of drug-likeness (QED) is 0.866. The van der Waals surface area contributed by atoms with Crippen molar-refractivity contribution in [3.05, 3.63) is 33.8 Å². The second kappa shape index (κ2) is 5.91. The highest BCUT2D eigenvalue weighted by atomic mass is 35.5. The molecule has 0 unspecified atom stereocenters. The minimum Gasteiger partial charge on any atom is -0.347 e. The molecule has 0 atom stereocenters. The summed E-state index contributed by atoms with van der Waals surface area (Å²) < 4.78 is 1.20. The lowest BCUT2D eigenvalue weighted by molar-refractivity contribution is 0.0947. The summed E-state index contributed by atoms with van der Waals surface area (Å²) in [6.45, 7) is 0. The van der Waals surface area contributed by atoms with Crippen molar-refractivity contribution in [1.29, 1.82) is 0 Å². The number of rotatable bonds is 3. The molecule has 0 fully saturated rings. The molecule has 1 aromatic carbocycles. The predicted molar refractivity (Wildman–Crippen MR) is 84.9 cm³/mol. The third-order valence-electron chi connectivity index (χ3n) is 2.75. The van der Waals surface area contributed by atoms with Crippen LogP contribution in [0.15, 0.2) is 18.2 Å². The molecular formula is C13H15Cl2N5O. The van der Waals surface area contributed by atoms with Crippen LogP contribution in [0.25, 0.3) is 0 Å². The topological polar surface area (TPSA) is 54.3 Å². The Morgan fingerprint density at radius 3 is 2.14 bits per heavy atom. The highest BCUT2D eigenvalue weighted by Gasteiger charge is 2.23. The smallest absolute Gasteiger partial charge is 0.284 e. The number of hydrogen-bond donors (Lipinski definition) is 0. The molecule has 0 N–H and O–H groups in total. The standard InChI is InChI=1S/C13H15Cl2N5O/c1-18(2)12-16-13(19(3)4)20(17-12)11(21)10-8(14)6-5-7-9(10)15/h5-7H,1-4H3. The molecule has 0 saturated carbocycles. The first-order valence-electron chi connectivity index (χ1n) is 6.13. The van der Waals surface area contributed by atoms with Crippen LogP contribution in [0.2, 0.25) is 10.0 Å². The first kappa shape index (κ1) is 15.6. The number of carbonyl (C=O) groups is 1. The van der Waals surface area contributed by atoms with Gasteiger partial charge < -0.3 is 9.80 Å². The number of anilines is 2. The summed E-state index contributed by atoms with van der Waals surface area (Å²) in [4.78, 5) is 20.4. The van der Waals surface area contributed by atoms with E-state index in [1.54, 1.807) is 56.2 Å². The van der Waals surface area contributed by atoms with Gasteiger partial charge in [-0.3, -0.25) is 4.79 Å². The maximum Gasteiger partial charge on any atom is 0.284 e. The molecule has 1 aromatic heterocycles. The maximum absolute atomic E-state index is 12.7. The number of carbonyl (C=O) groups excluding carboxylic acids is 1. The Bertz CT molecular complexity index is 661. The van der Waals surface area contributed by atoms with Crippen LogP contribution in [0.5, 0.6) is 0 Å². The van der Waals surface area contributed by atoms with Gasteiger partial charge in [0, 0.05) is 28.2 Å². The van der Waals surface area contributed by atoms with Gasteiger partial charge in [-0.15, -0.1) is 5.10 Å². The summed E-state index contributed by atoms with van der Waals surface area (Å²) in [7, 11) is 7.15. The lowest BCUT2D eigenvalue weighted by atomic mass is 10.2. The fourth-order valence-corrected chi connectivity index (χ4v) is 2.28. The van der Waals surface area contributed by atoms with Gasteiger partial charge in [-0.05, 0) is 12.1 Å². The van der Waals surface area contributed by atoms with Crippen molar-refractivity contribution < 1.29 is 4.79 Å². The van der Waals surface area contributed by atoms with Gasteiger partial charge in [0.25, 0.3) is 5.91 Å². The third-order valence-corrected chi connectivity index (χ3v) is 3.38. The molecule has 2 aromatic rings. The minimum absolute atomic E-state index is 0.208. The molecule has 0 spiro atoms. The van der Waals surface area contributed by atoms with Crippen LogP contribution in [0.4, 0.5) is 11.9 Å². The van der Waals surface area contributed by atoms with Crippen LogP contribution in [0.3, 0.4) is 0 Å². The lowest BCUT2D eigenvalue weighted by Gasteiger charge is -2.12. The van der Waals surface area contributed by atoms with Crippen molar-refractivity contribution in [3.63, 3.8) is 0 Å². The largest absolute Gasteiger partial charge is 0.347 e. The van der Waals surface area contributed by atoms with Gasteiger partial charge in [-0.1, -0.05) is 29.3 Å². The van der Waals surface area contributed by atoms with Crippen LogP contribution >= 0.6 is 23.2 Å². The van der Waals surface area contributed by atoms with Crippen molar-refractivity contribution in [2.24, 2.45) is 0 Å². The zero-order valence-corrected chi connectivity index (χ0v) is 13.6. The Kier molecular flexibility index (Phi) is 4.39. The number of benzene rings is 1. The van der Waals surface area contributed by atoms with Gasteiger partial charge in [0.1, 0.15) is 0 Å². The van der Waals surface area contributed by atoms with E-state index in [0.717, 1.165) is 0 Å². The first-order valence-corrected chi connectivity index (χ1v) is 6.89. The van der Waals surface area contributed by atoms with Crippen LogP contribution < -0.4 is 9.80 Å². The van der Waals surface area contributed by atoms with Crippen LogP contribution in [-0.2, 0) is 0 Å². The monoisotopic (exact) mass is 327 g/mol. The zero-order chi connectivity index (χ0) is 15.7. The molecule has 0 radical (unpaired) electrons. The van der Waals surface area contributed by atoms with Crippen LogP contribution in [0.1, 0.15) is 10.4 Å². The van der Waals surface area contributed by atoms with Crippen molar-refractivity contribution in [3.8, 4) is 0 Å². The Hall–Kier alpha value is -1.79. The van der Waals surface area contributed by atoms with E-state index < -0.39 is 5.91 Å². The van der Waals surface area contributed by atoms with Crippen LogP contribution in [0, 0.1) is 0 Å². The lowest BCUT2D eigenvalue weighted by Crippen LogP contribution is -2.22. The molecule has 0 aliphatic rings. The van der Waals surface area contributed by atoms with E-state index in [2.05, 4.69) is 10.1 Å². The Balaban J connectivity index is 2.58. The maximum atomic E-state index is 12.7. The summed E-state index contributed by atoms with van der Waals surface area (Å²) in [6.07, 6.45) is 0. The van der Waals surface area contributed by atoms with E-state index in [1.807, 2.05) is 0 Å². The molecule has 0 bridgehead atoms. The van der Waals surface area contributed by atoms with Crippen molar-refractivity contribution in [2.75, 3.05) is 38.0 Å². The normalized spacial score (nSPS) is 10.6. The van der Waals surface area contributed by atoms with Gasteiger partial charge in [-0.2, -0.15) is 9.67 Å². The highest BCUT2D eigenvalue weighted by molar-refractivity contribution is 6.39. The Labute approximate surface area is 132 Å². The number of nitrogens with zero attached hydrogens (tertiary/aromatic N) is 5. The van der Waals surface area contributed by atoms with E-state index in [4.69, 9.17) is 23.2 Å². The van der Waals surface area contributed by atoms with Gasteiger partial charge in [0.15, 0.2) is 0 Å². The molecule has 0 aliphatic carbocycles. The van der Waals surface area contributed by atoms with Crippen LogP contribution in [-0.4, -0.2) is 48.9 Å². The Morgan fingerprint density at radius 1 is 1.10 bits per heavy atom. The summed E-state index contributed by atoms with van der Waals surface area (Å²) in [5, 5.41) is 4.77. The van der Waals surface area contributed by atoms with E-state index in [0.29, 0.717) is 11.9 Å². The summed E-state index contributed by atoms with van der Waals surface area (Å²) in [6, 6.07) is 4.90. The van der Waals surface area contributed by atoms with Gasteiger partial charge >= 0.3 is 0 Å². The average molecular weight is 328 g/mol.